The standard InChI is InChI=1S/C41H50N6O10/c1-22-36(49)43-23(2)39(52)45(4)30(18-25-12-15-28(55-7)16-13-25)38(51)44-24(3)40(53)47(6)34-35(48)27-10-9-11-29(21-27)57-33-20-26(14-17-32(33)56-8)19-31(37(50)42-22)46(5)41(34)54/h9-17,20-24,30-31,34-35,48H,18-19H2,1-8H3,(H,42,50)(H,43,49)(H,44,51). The number of rotatable bonds is 4. The fourth-order valence-electron chi connectivity index (χ4n) is 6.94. The summed E-state index contributed by atoms with van der Waals surface area (Å²) in [6, 6.07) is 10.6. The molecule has 3 aromatic carbocycles. The molecular weight excluding hydrogens is 736 g/mol. The van der Waals surface area contributed by atoms with Crippen LogP contribution >= 0.6 is 0 Å². The number of benzene rings is 3. The molecule has 16 heteroatoms. The minimum absolute atomic E-state index is 0.0285. The predicted octanol–water partition coefficient (Wildman–Crippen LogP) is 1.34. The Kier molecular flexibility index (Phi) is 13.1. The number of methoxy groups -OCH3 is 2. The Hall–Kier alpha value is -6.16. The molecule has 1 fully saturated rings. The number of aliphatic hydroxyl groups is 1. The molecule has 3 aromatic rings. The Morgan fingerprint density at radius 3 is 1.98 bits per heavy atom. The van der Waals surface area contributed by atoms with Gasteiger partial charge >= 0.3 is 0 Å². The number of hydrogen-bond acceptors (Lipinski definition) is 10. The van der Waals surface area contributed by atoms with Crippen LogP contribution in [0.1, 0.15) is 43.6 Å². The van der Waals surface area contributed by atoms with Gasteiger partial charge in [-0.05, 0) is 73.9 Å². The summed E-state index contributed by atoms with van der Waals surface area (Å²) in [6.07, 6.45) is -1.71. The summed E-state index contributed by atoms with van der Waals surface area (Å²) >= 11 is 0. The molecule has 7 atom stereocenters. The predicted molar refractivity (Wildman–Crippen MR) is 207 cm³/mol. The number of fused-ring (bicyclic) bond motifs is 7. The molecule has 2 aliphatic rings. The first kappa shape index (κ1) is 42.0. The number of nitrogens with one attached hydrogen (secondary N) is 3. The second kappa shape index (κ2) is 17.7. The monoisotopic (exact) mass is 786 g/mol. The zero-order valence-electron chi connectivity index (χ0n) is 33.3. The van der Waals surface area contributed by atoms with Gasteiger partial charge in [0.15, 0.2) is 11.5 Å². The highest BCUT2D eigenvalue weighted by Crippen LogP contribution is 2.35. The van der Waals surface area contributed by atoms with Gasteiger partial charge in [0.25, 0.3) is 0 Å². The van der Waals surface area contributed by atoms with Crippen molar-refractivity contribution < 1.29 is 48.1 Å². The third-order valence-electron chi connectivity index (χ3n) is 10.4. The molecule has 0 saturated carbocycles. The van der Waals surface area contributed by atoms with Crippen LogP contribution in [0.25, 0.3) is 0 Å². The molecule has 7 unspecified atom stereocenters. The van der Waals surface area contributed by atoms with Gasteiger partial charge in [0.05, 0.1) is 14.2 Å². The summed E-state index contributed by atoms with van der Waals surface area (Å²) in [5.74, 6) is -2.68. The molecule has 4 N–H and O–H groups in total. The Bertz CT molecular complexity index is 2010. The Morgan fingerprint density at radius 2 is 1.33 bits per heavy atom. The number of likely N-dealkylation sites (N-methyl/N-ethyl adjacent to an activating group) is 3. The highest BCUT2D eigenvalue weighted by atomic mass is 16.5. The lowest BCUT2D eigenvalue weighted by Crippen LogP contribution is -2.62. The normalized spacial score (nSPS) is 25.4. The maximum absolute atomic E-state index is 14.7. The first-order valence-electron chi connectivity index (χ1n) is 18.5. The van der Waals surface area contributed by atoms with Gasteiger partial charge in [-0.2, -0.15) is 0 Å². The van der Waals surface area contributed by atoms with Crippen molar-refractivity contribution in [2.75, 3.05) is 35.4 Å². The van der Waals surface area contributed by atoms with Crippen molar-refractivity contribution in [2.24, 2.45) is 0 Å². The number of nitrogens with zero attached hydrogens (tertiary/aromatic N) is 3. The highest BCUT2D eigenvalue weighted by molar-refractivity contribution is 5.98. The van der Waals surface area contributed by atoms with Crippen molar-refractivity contribution in [3.63, 3.8) is 0 Å². The molecule has 0 aromatic heterocycles. The highest BCUT2D eigenvalue weighted by Gasteiger charge is 2.42. The summed E-state index contributed by atoms with van der Waals surface area (Å²) in [5, 5.41) is 20.0. The average molecular weight is 787 g/mol. The molecule has 57 heavy (non-hydrogen) atoms. The van der Waals surface area contributed by atoms with Gasteiger partial charge in [-0.1, -0.05) is 30.3 Å². The van der Waals surface area contributed by atoms with E-state index in [0.717, 1.165) is 9.80 Å². The maximum atomic E-state index is 14.7. The van der Waals surface area contributed by atoms with Crippen LogP contribution in [0, 0.1) is 0 Å². The van der Waals surface area contributed by atoms with E-state index < -0.39 is 77.8 Å². The van der Waals surface area contributed by atoms with Crippen molar-refractivity contribution in [1.82, 2.24) is 30.7 Å². The average Bonchev–Trinajstić information content (AvgIpc) is 3.20. The summed E-state index contributed by atoms with van der Waals surface area (Å²) in [5.41, 5.74) is 1.45. The summed E-state index contributed by atoms with van der Waals surface area (Å²) in [6.45, 7) is 4.32. The Labute approximate surface area is 331 Å². The molecule has 5 rings (SSSR count). The zero-order valence-corrected chi connectivity index (χ0v) is 33.3. The fourth-order valence-corrected chi connectivity index (χ4v) is 6.94. The largest absolute Gasteiger partial charge is 0.497 e. The number of aliphatic hydroxyl groups excluding tert-OH is 1. The van der Waals surface area contributed by atoms with Gasteiger partial charge in [-0.15, -0.1) is 0 Å². The van der Waals surface area contributed by atoms with Crippen molar-refractivity contribution in [3.05, 3.63) is 83.4 Å². The lowest BCUT2D eigenvalue weighted by Gasteiger charge is -2.38. The lowest BCUT2D eigenvalue weighted by molar-refractivity contribution is -0.153. The first-order valence-corrected chi connectivity index (χ1v) is 18.5. The van der Waals surface area contributed by atoms with Gasteiger partial charge in [-0.25, -0.2) is 0 Å². The van der Waals surface area contributed by atoms with E-state index in [1.54, 1.807) is 60.7 Å². The number of carbonyl (C=O) groups is 6. The zero-order chi connectivity index (χ0) is 41.7. The van der Waals surface area contributed by atoms with Crippen LogP contribution < -0.4 is 30.2 Å². The number of carbonyl (C=O) groups excluding carboxylic acids is 6. The van der Waals surface area contributed by atoms with Crippen LogP contribution in [0.3, 0.4) is 0 Å². The van der Waals surface area contributed by atoms with Crippen LogP contribution in [0.2, 0.25) is 0 Å². The van der Waals surface area contributed by atoms with Crippen molar-refractivity contribution >= 4 is 35.4 Å². The van der Waals surface area contributed by atoms with E-state index in [0.29, 0.717) is 34.1 Å². The van der Waals surface area contributed by atoms with E-state index in [1.807, 2.05) is 0 Å². The van der Waals surface area contributed by atoms with E-state index in [-0.39, 0.29) is 18.4 Å². The van der Waals surface area contributed by atoms with Crippen LogP contribution in [-0.4, -0.2) is 127 Å². The summed E-state index contributed by atoms with van der Waals surface area (Å²) in [4.78, 5) is 87.9. The van der Waals surface area contributed by atoms with E-state index in [2.05, 4.69) is 16.0 Å². The lowest BCUT2D eigenvalue weighted by atomic mass is 9.97. The van der Waals surface area contributed by atoms with Crippen LogP contribution in [0.15, 0.2) is 66.7 Å². The van der Waals surface area contributed by atoms with Gasteiger partial charge in [0, 0.05) is 34.0 Å². The molecule has 2 aliphatic heterocycles. The summed E-state index contributed by atoms with van der Waals surface area (Å²) < 4.78 is 17.0. The van der Waals surface area contributed by atoms with E-state index >= 15 is 0 Å². The second-order valence-corrected chi connectivity index (χ2v) is 14.4. The smallest absolute Gasteiger partial charge is 0.248 e. The molecule has 2 heterocycles. The van der Waals surface area contributed by atoms with Gasteiger partial charge in [0.2, 0.25) is 35.4 Å². The number of hydrogen-bond donors (Lipinski definition) is 4. The molecule has 6 amide bonds. The third-order valence-corrected chi connectivity index (χ3v) is 10.4. The van der Waals surface area contributed by atoms with E-state index in [1.165, 1.54) is 67.1 Å². The summed E-state index contributed by atoms with van der Waals surface area (Å²) in [7, 11) is 7.10. The first-order chi connectivity index (χ1) is 27.0. The Morgan fingerprint density at radius 1 is 0.702 bits per heavy atom. The number of amides is 6. The van der Waals surface area contributed by atoms with Crippen molar-refractivity contribution in [1.29, 1.82) is 0 Å². The van der Waals surface area contributed by atoms with Crippen LogP contribution in [0.5, 0.6) is 23.0 Å². The molecule has 6 bridgehead atoms. The maximum Gasteiger partial charge on any atom is 0.248 e. The third kappa shape index (κ3) is 9.28. The quantitative estimate of drug-likeness (QED) is 0.300. The van der Waals surface area contributed by atoms with E-state index in [4.69, 9.17) is 14.2 Å². The fraction of sp³-hybridized carbons (Fsp3) is 0.415. The second-order valence-electron chi connectivity index (χ2n) is 14.4. The van der Waals surface area contributed by atoms with Crippen molar-refractivity contribution in [2.45, 2.75) is 76.0 Å². The van der Waals surface area contributed by atoms with Crippen LogP contribution in [-0.2, 0) is 41.6 Å². The number of ether oxygens (including phenoxy) is 3. The molecule has 304 valence electrons. The molecule has 0 spiro atoms. The molecule has 1 saturated heterocycles. The topological polar surface area (TPSA) is 196 Å². The van der Waals surface area contributed by atoms with Gasteiger partial charge < -0.3 is 50.0 Å². The minimum atomic E-state index is -1.65. The van der Waals surface area contributed by atoms with Crippen molar-refractivity contribution in [3.8, 4) is 23.0 Å². The minimum Gasteiger partial charge on any atom is -0.497 e. The Balaban J connectivity index is 1.61. The molecule has 0 radical (unpaired) electrons. The van der Waals surface area contributed by atoms with Gasteiger partial charge in [0.1, 0.15) is 53.9 Å². The molecule has 16 nitrogen and oxygen atoms in total. The van der Waals surface area contributed by atoms with Crippen LogP contribution in [0.4, 0.5) is 0 Å². The SMILES string of the molecule is COc1ccc(CC2C(=O)NC(C)C(=O)N(C)C3C(=O)N(C)C(Cc4ccc(OC)c(c4)Oc4cccc(c4)C3O)C(=O)NC(C)C(=O)NC(C)C(=O)N2C)cc1. The molecule has 0 aliphatic carbocycles. The van der Waals surface area contributed by atoms with E-state index in [9.17, 15) is 33.9 Å². The van der Waals surface area contributed by atoms with Gasteiger partial charge in [-0.3, -0.25) is 28.8 Å². The molecular formula is C41H50N6O10.